The molecule has 0 aliphatic carbocycles. The molecule has 2 aromatic rings. The highest BCUT2D eigenvalue weighted by atomic mass is 32.1. The molecule has 4 rings (SSSR count). The Labute approximate surface area is 154 Å². The van der Waals surface area contributed by atoms with Gasteiger partial charge in [-0.05, 0) is 54.5 Å². The second-order valence-electron chi connectivity index (χ2n) is 7.68. The first-order valence-electron chi connectivity index (χ1n) is 9.13. The molecule has 2 atom stereocenters. The molecule has 25 heavy (non-hydrogen) atoms. The smallest absolute Gasteiger partial charge is 0.0887 e. The minimum absolute atomic E-state index is 0.398. The third kappa shape index (κ3) is 3.95. The van der Waals surface area contributed by atoms with Crippen molar-refractivity contribution < 1.29 is 4.74 Å². The molecule has 134 valence electrons. The second kappa shape index (κ2) is 7.54. The van der Waals surface area contributed by atoms with Gasteiger partial charge in [0.25, 0.3) is 0 Å². The predicted octanol–water partition coefficient (Wildman–Crippen LogP) is 3.11. The number of nitrogens with zero attached hydrogens (tertiary/aromatic N) is 3. The van der Waals surface area contributed by atoms with Gasteiger partial charge in [-0.15, -0.1) is 0 Å². The minimum atomic E-state index is 0.398. The molecule has 0 aromatic carbocycles. The third-order valence-electron chi connectivity index (χ3n) is 5.73. The fourth-order valence-corrected chi connectivity index (χ4v) is 5.20. The summed E-state index contributed by atoms with van der Waals surface area (Å²) in [5.41, 5.74) is 2.87. The quantitative estimate of drug-likeness (QED) is 0.794. The Morgan fingerprint density at radius 3 is 3.08 bits per heavy atom. The monoisotopic (exact) mass is 357 g/mol. The molecule has 5 heteroatoms. The lowest BCUT2D eigenvalue weighted by Gasteiger charge is -2.30. The van der Waals surface area contributed by atoms with E-state index < -0.39 is 0 Å². The van der Waals surface area contributed by atoms with E-state index in [1.807, 2.05) is 24.4 Å². The molecular formula is C20H27N3OS. The highest BCUT2D eigenvalue weighted by molar-refractivity contribution is 7.07. The van der Waals surface area contributed by atoms with Crippen LogP contribution in [0.25, 0.3) is 0 Å². The number of likely N-dealkylation sites (tertiary alicyclic amines) is 2. The van der Waals surface area contributed by atoms with E-state index in [0.29, 0.717) is 17.9 Å². The van der Waals surface area contributed by atoms with Gasteiger partial charge in [-0.25, -0.2) is 0 Å². The first kappa shape index (κ1) is 17.2. The number of hydrogen-bond donors (Lipinski definition) is 0. The molecule has 2 saturated heterocycles. The third-order valence-corrected chi connectivity index (χ3v) is 6.46. The number of pyridine rings is 1. The molecule has 2 aliphatic heterocycles. The Morgan fingerprint density at radius 2 is 2.28 bits per heavy atom. The van der Waals surface area contributed by atoms with Crippen molar-refractivity contribution in [1.82, 2.24) is 14.8 Å². The molecule has 2 aliphatic rings. The lowest BCUT2D eigenvalue weighted by molar-refractivity contribution is 0.0501. The van der Waals surface area contributed by atoms with Crippen LogP contribution in [-0.4, -0.2) is 54.6 Å². The van der Waals surface area contributed by atoms with Crippen LogP contribution in [0, 0.1) is 11.3 Å². The van der Waals surface area contributed by atoms with Gasteiger partial charge in [0.2, 0.25) is 0 Å². The molecule has 1 spiro atoms. The van der Waals surface area contributed by atoms with Gasteiger partial charge in [0, 0.05) is 43.7 Å². The van der Waals surface area contributed by atoms with Crippen molar-refractivity contribution in [3.8, 4) is 0 Å². The van der Waals surface area contributed by atoms with E-state index in [4.69, 9.17) is 4.74 Å². The Balaban J connectivity index is 1.34. The fourth-order valence-electron chi connectivity index (χ4n) is 4.54. The molecule has 0 unspecified atom stereocenters. The standard InChI is InChI=1S/C20H27N3OS/c1-22-11-18(12-24-13-19-4-2-3-7-21-19)20(15-22)6-8-23(16-20)10-17-5-9-25-14-17/h2-5,7,9,14,18H,6,8,10-13,15-16H2,1H3/t18-,20-/m1/s1. The Morgan fingerprint density at radius 1 is 1.32 bits per heavy atom. The fraction of sp³-hybridized carbons (Fsp3) is 0.550. The summed E-state index contributed by atoms with van der Waals surface area (Å²) in [7, 11) is 2.25. The maximum absolute atomic E-state index is 6.07. The van der Waals surface area contributed by atoms with Crippen LogP contribution in [0.4, 0.5) is 0 Å². The van der Waals surface area contributed by atoms with Crippen LogP contribution in [0.15, 0.2) is 41.2 Å². The van der Waals surface area contributed by atoms with Gasteiger partial charge in [-0.3, -0.25) is 9.88 Å². The van der Waals surface area contributed by atoms with Crippen LogP contribution in [0.1, 0.15) is 17.7 Å². The summed E-state index contributed by atoms with van der Waals surface area (Å²) in [4.78, 5) is 9.48. The van der Waals surface area contributed by atoms with Crippen LogP contribution < -0.4 is 0 Å². The maximum atomic E-state index is 6.07. The maximum Gasteiger partial charge on any atom is 0.0887 e. The van der Waals surface area contributed by atoms with Crippen LogP contribution in [0.5, 0.6) is 0 Å². The van der Waals surface area contributed by atoms with Gasteiger partial charge in [-0.2, -0.15) is 11.3 Å². The van der Waals surface area contributed by atoms with Crippen molar-refractivity contribution in [2.45, 2.75) is 19.6 Å². The van der Waals surface area contributed by atoms with Crippen LogP contribution in [-0.2, 0) is 17.9 Å². The SMILES string of the molecule is CN1C[C@H](COCc2ccccn2)[C@]2(CCN(Cc3ccsc3)C2)C1. The minimum Gasteiger partial charge on any atom is -0.375 e. The van der Waals surface area contributed by atoms with E-state index in [9.17, 15) is 0 Å². The Bertz CT molecular complexity index is 663. The summed E-state index contributed by atoms with van der Waals surface area (Å²) in [5, 5.41) is 4.46. The van der Waals surface area contributed by atoms with E-state index in [0.717, 1.165) is 25.4 Å². The van der Waals surface area contributed by atoms with Gasteiger partial charge < -0.3 is 9.64 Å². The highest BCUT2D eigenvalue weighted by Crippen LogP contribution is 2.44. The summed E-state index contributed by atoms with van der Waals surface area (Å²) >= 11 is 1.80. The van der Waals surface area contributed by atoms with Gasteiger partial charge in [-0.1, -0.05) is 6.07 Å². The van der Waals surface area contributed by atoms with Crippen LogP contribution in [0.2, 0.25) is 0 Å². The van der Waals surface area contributed by atoms with Crippen molar-refractivity contribution in [2.75, 3.05) is 39.8 Å². The number of aromatic nitrogens is 1. The number of ether oxygens (including phenoxy) is 1. The Kier molecular flexibility index (Phi) is 5.17. The molecular weight excluding hydrogens is 330 g/mol. The molecule has 2 aromatic heterocycles. The summed E-state index contributed by atoms with van der Waals surface area (Å²) in [5.74, 6) is 0.619. The second-order valence-corrected chi connectivity index (χ2v) is 8.46. The summed E-state index contributed by atoms with van der Waals surface area (Å²) in [6, 6.07) is 8.26. The summed E-state index contributed by atoms with van der Waals surface area (Å²) in [6.07, 6.45) is 3.13. The molecule has 0 bridgehead atoms. The molecule has 4 heterocycles. The summed E-state index contributed by atoms with van der Waals surface area (Å²) < 4.78 is 6.07. The van der Waals surface area contributed by atoms with E-state index in [-0.39, 0.29) is 0 Å². The van der Waals surface area contributed by atoms with Gasteiger partial charge >= 0.3 is 0 Å². The van der Waals surface area contributed by atoms with Crippen molar-refractivity contribution in [1.29, 1.82) is 0 Å². The highest BCUT2D eigenvalue weighted by Gasteiger charge is 2.49. The first-order valence-corrected chi connectivity index (χ1v) is 10.1. The number of hydrogen-bond acceptors (Lipinski definition) is 5. The van der Waals surface area contributed by atoms with Crippen molar-refractivity contribution in [2.24, 2.45) is 11.3 Å². The van der Waals surface area contributed by atoms with Gasteiger partial charge in [0.15, 0.2) is 0 Å². The molecule has 2 fully saturated rings. The van der Waals surface area contributed by atoms with Gasteiger partial charge in [0.05, 0.1) is 18.9 Å². The van der Waals surface area contributed by atoms with E-state index in [1.54, 1.807) is 11.3 Å². The van der Waals surface area contributed by atoms with Gasteiger partial charge in [0.1, 0.15) is 0 Å². The molecule has 0 amide bonds. The predicted molar refractivity (Wildman–Crippen MR) is 102 cm³/mol. The molecule has 4 nitrogen and oxygen atoms in total. The zero-order chi connectivity index (χ0) is 17.1. The first-order chi connectivity index (χ1) is 12.2. The molecule has 0 N–H and O–H groups in total. The zero-order valence-corrected chi connectivity index (χ0v) is 15.8. The average Bonchev–Trinajstić information content (AvgIpc) is 3.32. The van der Waals surface area contributed by atoms with E-state index in [1.165, 1.54) is 31.6 Å². The van der Waals surface area contributed by atoms with Crippen molar-refractivity contribution in [3.05, 3.63) is 52.5 Å². The van der Waals surface area contributed by atoms with E-state index in [2.05, 4.69) is 38.7 Å². The lowest BCUT2D eigenvalue weighted by Crippen LogP contribution is -2.36. The molecule has 0 saturated carbocycles. The normalized spacial score (nSPS) is 27.5. The summed E-state index contributed by atoms with van der Waals surface area (Å²) in [6.45, 7) is 7.31. The average molecular weight is 358 g/mol. The Hall–Kier alpha value is -1.27. The van der Waals surface area contributed by atoms with Crippen molar-refractivity contribution >= 4 is 11.3 Å². The number of thiophene rings is 1. The van der Waals surface area contributed by atoms with Crippen LogP contribution >= 0.6 is 11.3 Å². The molecule has 0 radical (unpaired) electrons. The zero-order valence-electron chi connectivity index (χ0n) is 14.9. The largest absolute Gasteiger partial charge is 0.375 e. The van der Waals surface area contributed by atoms with Crippen molar-refractivity contribution in [3.63, 3.8) is 0 Å². The van der Waals surface area contributed by atoms with Crippen LogP contribution in [0.3, 0.4) is 0 Å². The van der Waals surface area contributed by atoms with E-state index >= 15 is 0 Å². The number of rotatable bonds is 6. The topological polar surface area (TPSA) is 28.6 Å². The lowest BCUT2D eigenvalue weighted by atomic mass is 9.77.